The molecule has 1 aromatic rings. The Bertz CT molecular complexity index is 578. The van der Waals surface area contributed by atoms with Gasteiger partial charge in [0.1, 0.15) is 0 Å². The molecule has 1 aromatic carbocycles. The van der Waals surface area contributed by atoms with Crippen molar-refractivity contribution in [3.05, 3.63) is 18.2 Å². The minimum Gasteiger partial charge on any atom is -0.399 e. The van der Waals surface area contributed by atoms with E-state index in [9.17, 15) is 8.42 Å². The third kappa shape index (κ3) is 3.43. The fourth-order valence-corrected chi connectivity index (χ4v) is 3.40. The van der Waals surface area contributed by atoms with Crippen molar-refractivity contribution in [2.45, 2.75) is 43.5 Å². The van der Waals surface area contributed by atoms with Crippen LogP contribution in [0, 0.1) is 5.92 Å². The van der Waals surface area contributed by atoms with Gasteiger partial charge in [-0.05, 0) is 49.8 Å². The molecule has 4 N–H and O–H groups in total. The molecule has 5 nitrogen and oxygen atoms in total. The van der Waals surface area contributed by atoms with Crippen LogP contribution in [-0.4, -0.2) is 21.5 Å². The molecule has 0 atom stereocenters. The number of hydrogen-bond acceptors (Lipinski definition) is 4. The lowest BCUT2D eigenvalue weighted by Gasteiger charge is -2.35. The molecule has 1 aliphatic rings. The van der Waals surface area contributed by atoms with Crippen LogP contribution in [0.25, 0.3) is 0 Å². The molecule has 112 valence electrons. The van der Waals surface area contributed by atoms with Gasteiger partial charge < -0.3 is 10.6 Å². The van der Waals surface area contributed by atoms with Gasteiger partial charge in [-0.3, -0.25) is 0 Å². The lowest BCUT2D eigenvalue weighted by Crippen LogP contribution is -2.35. The Morgan fingerprint density at radius 1 is 1.15 bits per heavy atom. The highest BCUT2D eigenvalue weighted by Gasteiger charge is 2.23. The third-order valence-corrected chi connectivity index (χ3v) is 5.08. The highest BCUT2D eigenvalue weighted by Crippen LogP contribution is 2.31. The van der Waals surface area contributed by atoms with Crippen molar-refractivity contribution >= 4 is 21.4 Å². The number of primary sulfonamides is 1. The van der Waals surface area contributed by atoms with Crippen molar-refractivity contribution in [2.75, 3.05) is 17.7 Å². The van der Waals surface area contributed by atoms with Gasteiger partial charge >= 0.3 is 0 Å². The van der Waals surface area contributed by atoms with Crippen LogP contribution in [0.2, 0.25) is 0 Å². The van der Waals surface area contributed by atoms with Crippen molar-refractivity contribution in [1.29, 1.82) is 0 Å². The van der Waals surface area contributed by atoms with E-state index in [1.54, 1.807) is 12.1 Å². The van der Waals surface area contributed by atoms with Gasteiger partial charge in [0.25, 0.3) is 0 Å². The number of nitrogen functional groups attached to an aromatic ring is 1. The first-order valence-electron chi connectivity index (χ1n) is 6.93. The van der Waals surface area contributed by atoms with E-state index in [-0.39, 0.29) is 4.90 Å². The van der Waals surface area contributed by atoms with Crippen LogP contribution in [0.15, 0.2) is 23.1 Å². The number of benzene rings is 1. The SMILES string of the molecule is CC1CCC(N(C)c2cc(N)cc(S(N)(=O)=O)c2)CC1. The van der Waals surface area contributed by atoms with Gasteiger partial charge in [-0.25, -0.2) is 13.6 Å². The monoisotopic (exact) mass is 297 g/mol. The van der Waals surface area contributed by atoms with Crippen molar-refractivity contribution in [3.63, 3.8) is 0 Å². The molecule has 0 bridgehead atoms. The van der Waals surface area contributed by atoms with Gasteiger partial charge in [0.15, 0.2) is 0 Å². The average Bonchev–Trinajstić information content (AvgIpc) is 2.37. The van der Waals surface area contributed by atoms with Crippen LogP contribution in [0.4, 0.5) is 11.4 Å². The predicted molar refractivity (Wildman–Crippen MR) is 82.1 cm³/mol. The molecule has 2 rings (SSSR count). The van der Waals surface area contributed by atoms with E-state index in [4.69, 9.17) is 10.9 Å². The normalized spacial score (nSPS) is 23.6. The van der Waals surface area contributed by atoms with Crippen molar-refractivity contribution in [3.8, 4) is 0 Å². The van der Waals surface area contributed by atoms with E-state index >= 15 is 0 Å². The Morgan fingerprint density at radius 3 is 2.30 bits per heavy atom. The summed E-state index contributed by atoms with van der Waals surface area (Å²) in [5, 5.41) is 5.19. The van der Waals surface area contributed by atoms with Gasteiger partial charge in [-0.2, -0.15) is 0 Å². The second-order valence-corrected chi connectivity index (χ2v) is 7.39. The van der Waals surface area contributed by atoms with E-state index in [2.05, 4.69) is 11.8 Å². The number of rotatable bonds is 3. The molecule has 0 unspecified atom stereocenters. The lowest BCUT2D eigenvalue weighted by molar-refractivity contribution is 0.340. The molecule has 0 heterocycles. The van der Waals surface area contributed by atoms with E-state index in [0.717, 1.165) is 24.4 Å². The molecular weight excluding hydrogens is 274 g/mol. The quantitative estimate of drug-likeness (QED) is 0.834. The van der Waals surface area contributed by atoms with Gasteiger partial charge in [0.2, 0.25) is 10.0 Å². The number of sulfonamides is 1. The summed E-state index contributed by atoms with van der Waals surface area (Å²) >= 11 is 0. The van der Waals surface area contributed by atoms with Crippen LogP contribution < -0.4 is 15.8 Å². The summed E-state index contributed by atoms with van der Waals surface area (Å²) in [6.45, 7) is 2.27. The summed E-state index contributed by atoms with van der Waals surface area (Å²) in [4.78, 5) is 2.19. The Labute approximate surface area is 121 Å². The standard InChI is InChI=1S/C14H23N3O2S/c1-10-3-5-12(6-4-10)17(2)13-7-11(15)8-14(9-13)20(16,18)19/h7-10,12H,3-6,15H2,1-2H3,(H2,16,18,19). The maximum atomic E-state index is 11.5. The van der Waals surface area contributed by atoms with E-state index in [1.807, 2.05) is 7.05 Å². The maximum Gasteiger partial charge on any atom is 0.238 e. The van der Waals surface area contributed by atoms with Crippen LogP contribution in [0.3, 0.4) is 0 Å². The van der Waals surface area contributed by atoms with Gasteiger partial charge in [-0.1, -0.05) is 6.92 Å². The number of nitrogens with two attached hydrogens (primary N) is 2. The number of anilines is 2. The molecule has 1 saturated carbocycles. The lowest BCUT2D eigenvalue weighted by atomic mass is 9.86. The molecule has 6 heteroatoms. The second kappa shape index (κ2) is 5.61. The zero-order chi connectivity index (χ0) is 14.9. The minimum atomic E-state index is -3.73. The van der Waals surface area contributed by atoms with Crippen molar-refractivity contribution in [1.82, 2.24) is 0 Å². The zero-order valence-electron chi connectivity index (χ0n) is 12.0. The summed E-state index contributed by atoms with van der Waals surface area (Å²) in [5.41, 5.74) is 7.03. The minimum absolute atomic E-state index is 0.0727. The average molecular weight is 297 g/mol. The highest BCUT2D eigenvalue weighted by atomic mass is 32.2. The summed E-state index contributed by atoms with van der Waals surface area (Å²) < 4.78 is 23.0. The third-order valence-electron chi connectivity index (χ3n) is 4.18. The molecule has 1 aliphatic carbocycles. The van der Waals surface area contributed by atoms with E-state index < -0.39 is 10.0 Å². The molecule has 0 spiro atoms. The summed E-state index contributed by atoms with van der Waals surface area (Å²) in [5.74, 6) is 0.778. The van der Waals surface area contributed by atoms with E-state index in [0.29, 0.717) is 11.7 Å². The van der Waals surface area contributed by atoms with Gasteiger partial charge in [-0.15, -0.1) is 0 Å². The number of nitrogens with zero attached hydrogens (tertiary/aromatic N) is 1. The largest absolute Gasteiger partial charge is 0.399 e. The first-order chi connectivity index (χ1) is 9.27. The molecule has 0 amide bonds. The smallest absolute Gasteiger partial charge is 0.238 e. The predicted octanol–water partition coefficient (Wildman–Crippen LogP) is 1.93. The number of hydrogen-bond donors (Lipinski definition) is 2. The van der Waals surface area contributed by atoms with Gasteiger partial charge in [0.05, 0.1) is 4.90 Å². The molecule has 20 heavy (non-hydrogen) atoms. The van der Waals surface area contributed by atoms with E-state index in [1.165, 1.54) is 18.9 Å². The Kier molecular flexibility index (Phi) is 4.25. The van der Waals surface area contributed by atoms with Crippen LogP contribution in [0.5, 0.6) is 0 Å². The fourth-order valence-electron chi connectivity index (χ4n) is 2.81. The Morgan fingerprint density at radius 2 is 1.75 bits per heavy atom. The second-order valence-electron chi connectivity index (χ2n) is 5.83. The van der Waals surface area contributed by atoms with Crippen molar-refractivity contribution < 1.29 is 8.42 Å². The topological polar surface area (TPSA) is 89.4 Å². The molecule has 0 aromatic heterocycles. The Balaban J connectivity index is 2.26. The fraction of sp³-hybridized carbons (Fsp3) is 0.571. The summed E-state index contributed by atoms with van der Waals surface area (Å²) in [7, 11) is -1.74. The summed E-state index contributed by atoms with van der Waals surface area (Å²) in [6, 6.07) is 5.23. The molecule has 0 aliphatic heterocycles. The van der Waals surface area contributed by atoms with Gasteiger partial charge in [0, 0.05) is 24.5 Å². The highest BCUT2D eigenvalue weighted by molar-refractivity contribution is 7.89. The molecule has 0 radical (unpaired) electrons. The molecule has 0 saturated heterocycles. The first-order valence-corrected chi connectivity index (χ1v) is 8.48. The molecular formula is C14H23N3O2S. The van der Waals surface area contributed by atoms with Crippen LogP contribution >= 0.6 is 0 Å². The van der Waals surface area contributed by atoms with Crippen molar-refractivity contribution in [2.24, 2.45) is 11.1 Å². The Hall–Kier alpha value is -1.27. The first kappa shape index (κ1) is 15.1. The summed E-state index contributed by atoms with van der Waals surface area (Å²) in [6.07, 6.45) is 4.66. The van der Waals surface area contributed by atoms with Crippen LogP contribution in [-0.2, 0) is 10.0 Å². The molecule has 1 fully saturated rings. The van der Waals surface area contributed by atoms with Crippen LogP contribution in [0.1, 0.15) is 32.6 Å². The maximum absolute atomic E-state index is 11.5. The zero-order valence-corrected chi connectivity index (χ0v) is 12.9.